The Balaban J connectivity index is 2.36. The Morgan fingerprint density at radius 1 is 1.31 bits per heavy atom. The molecule has 0 amide bonds. The van der Waals surface area contributed by atoms with Gasteiger partial charge in [-0.15, -0.1) is 0 Å². The van der Waals surface area contributed by atoms with Crippen LogP contribution in [0.25, 0.3) is 0 Å². The molecule has 1 unspecified atom stereocenters. The van der Waals surface area contributed by atoms with Gasteiger partial charge in [0.25, 0.3) is 0 Å². The first-order chi connectivity index (χ1) is 6.29. The topological polar surface area (TPSA) is 0 Å². The molecule has 2 rings (SSSR count). The molecule has 1 atom stereocenters. The molecule has 0 aromatic rings. The summed E-state index contributed by atoms with van der Waals surface area (Å²) in [4.78, 5) is 0. The average molecular weight is 174 g/mol. The predicted octanol–water partition coefficient (Wildman–Crippen LogP) is 3.87. The van der Waals surface area contributed by atoms with Crippen LogP contribution >= 0.6 is 0 Å². The van der Waals surface area contributed by atoms with Crippen molar-refractivity contribution in [3.8, 4) is 0 Å². The fourth-order valence-corrected chi connectivity index (χ4v) is 2.46. The second-order valence-electron chi connectivity index (χ2n) is 4.38. The zero-order valence-corrected chi connectivity index (χ0v) is 8.59. The SMILES string of the molecule is CC(C)C1=C2C=CC=CC2CCC1. The van der Waals surface area contributed by atoms with E-state index in [0.29, 0.717) is 0 Å². The van der Waals surface area contributed by atoms with E-state index < -0.39 is 0 Å². The molecule has 2 aliphatic carbocycles. The van der Waals surface area contributed by atoms with Gasteiger partial charge in [0, 0.05) is 5.92 Å². The molecular weight excluding hydrogens is 156 g/mol. The number of hydrogen-bond acceptors (Lipinski definition) is 0. The molecule has 0 N–H and O–H groups in total. The maximum Gasteiger partial charge on any atom is 0.00208 e. The van der Waals surface area contributed by atoms with Gasteiger partial charge in [-0.3, -0.25) is 0 Å². The van der Waals surface area contributed by atoms with E-state index in [1.54, 1.807) is 11.1 Å². The van der Waals surface area contributed by atoms with E-state index in [-0.39, 0.29) is 0 Å². The van der Waals surface area contributed by atoms with Crippen LogP contribution in [0.5, 0.6) is 0 Å². The third kappa shape index (κ3) is 1.63. The number of fused-ring (bicyclic) bond motifs is 1. The van der Waals surface area contributed by atoms with Gasteiger partial charge in [-0.1, -0.05) is 43.7 Å². The van der Waals surface area contributed by atoms with Gasteiger partial charge in [0.2, 0.25) is 0 Å². The van der Waals surface area contributed by atoms with Gasteiger partial charge < -0.3 is 0 Å². The summed E-state index contributed by atoms with van der Waals surface area (Å²) >= 11 is 0. The minimum absolute atomic E-state index is 0.731. The first-order valence-electron chi connectivity index (χ1n) is 5.37. The zero-order chi connectivity index (χ0) is 9.26. The Hall–Kier alpha value is -0.780. The lowest BCUT2D eigenvalue weighted by molar-refractivity contribution is 0.543. The number of allylic oxidation sites excluding steroid dienone is 6. The Morgan fingerprint density at radius 3 is 2.92 bits per heavy atom. The molecule has 0 heterocycles. The molecule has 70 valence electrons. The largest absolute Gasteiger partial charge is 0.0770 e. The molecule has 0 heteroatoms. The van der Waals surface area contributed by atoms with Crippen LogP contribution in [-0.2, 0) is 0 Å². The highest BCUT2D eigenvalue weighted by Gasteiger charge is 2.21. The fourth-order valence-electron chi connectivity index (χ4n) is 2.46. The third-order valence-corrected chi connectivity index (χ3v) is 3.16. The molecule has 0 radical (unpaired) electrons. The van der Waals surface area contributed by atoms with Crippen LogP contribution in [0.1, 0.15) is 33.1 Å². The smallest absolute Gasteiger partial charge is 0.00208 e. The number of hydrogen-bond donors (Lipinski definition) is 0. The quantitative estimate of drug-likeness (QED) is 0.566. The maximum absolute atomic E-state index is 2.36. The summed E-state index contributed by atoms with van der Waals surface area (Å²) in [5.41, 5.74) is 3.31. The van der Waals surface area contributed by atoms with E-state index in [1.807, 2.05) is 0 Å². The minimum atomic E-state index is 0.731. The van der Waals surface area contributed by atoms with E-state index in [9.17, 15) is 0 Å². The predicted molar refractivity (Wildman–Crippen MR) is 57.5 cm³/mol. The van der Waals surface area contributed by atoms with Crippen molar-refractivity contribution in [2.45, 2.75) is 33.1 Å². The lowest BCUT2D eigenvalue weighted by Crippen LogP contribution is -2.13. The van der Waals surface area contributed by atoms with Crippen LogP contribution in [0.2, 0.25) is 0 Å². The first-order valence-corrected chi connectivity index (χ1v) is 5.37. The van der Waals surface area contributed by atoms with Crippen LogP contribution in [0.4, 0.5) is 0 Å². The molecule has 13 heavy (non-hydrogen) atoms. The summed E-state index contributed by atoms with van der Waals surface area (Å²) in [6.07, 6.45) is 13.1. The minimum Gasteiger partial charge on any atom is -0.0770 e. The number of rotatable bonds is 1. The summed E-state index contributed by atoms with van der Waals surface area (Å²) < 4.78 is 0. The highest BCUT2D eigenvalue weighted by molar-refractivity contribution is 5.38. The molecule has 0 aromatic heterocycles. The van der Waals surface area contributed by atoms with Crippen molar-refractivity contribution in [2.75, 3.05) is 0 Å². The van der Waals surface area contributed by atoms with Crippen molar-refractivity contribution in [1.29, 1.82) is 0 Å². The lowest BCUT2D eigenvalue weighted by Gasteiger charge is -2.28. The molecule has 0 spiro atoms. The molecule has 0 aromatic carbocycles. The Bertz CT molecular complexity index is 276. The van der Waals surface area contributed by atoms with Gasteiger partial charge in [0.1, 0.15) is 0 Å². The van der Waals surface area contributed by atoms with Crippen LogP contribution in [0.15, 0.2) is 35.5 Å². The molecule has 0 saturated carbocycles. The average Bonchev–Trinajstić information content (AvgIpc) is 2.17. The summed E-state index contributed by atoms with van der Waals surface area (Å²) in [6.45, 7) is 4.63. The normalized spacial score (nSPS) is 26.8. The van der Waals surface area contributed by atoms with E-state index in [2.05, 4.69) is 38.2 Å². The molecule has 0 nitrogen and oxygen atoms in total. The molecule has 2 aliphatic rings. The molecule has 0 saturated heterocycles. The van der Waals surface area contributed by atoms with E-state index in [4.69, 9.17) is 0 Å². The van der Waals surface area contributed by atoms with E-state index in [1.165, 1.54) is 19.3 Å². The maximum atomic E-state index is 2.36. The van der Waals surface area contributed by atoms with Crippen molar-refractivity contribution >= 4 is 0 Å². The monoisotopic (exact) mass is 174 g/mol. The molecule has 0 bridgehead atoms. The van der Waals surface area contributed by atoms with Crippen LogP contribution in [-0.4, -0.2) is 0 Å². The summed E-state index contributed by atoms with van der Waals surface area (Å²) in [7, 11) is 0. The van der Waals surface area contributed by atoms with Gasteiger partial charge in [-0.2, -0.15) is 0 Å². The van der Waals surface area contributed by atoms with Crippen LogP contribution < -0.4 is 0 Å². The second kappa shape index (κ2) is 3.53. The second-order valence-corrected chi connectivity index (χ2v) is 4.38. The Kier molecular flexibility index (Phi) is 2.39. The first kappa shape index (κ1) is 8.80. The summed E-state index contributed by atoms with van der Waals surface area (Å²) in [5, 5.41) is 0. The van der Waals surface area contributed by atoms with E-state index >= 15 is 0 Å². The Labute approximate surface area is 81.0 Å². The summed E-state index contributed by atoms with van der Waals surface area (Å²) in [5.74, 6) is 1.46. The highest BCUT2D eigenvalue weighted by Crippen LogP contribution is 2.36. The van der Waals surface area contributed by atoms with Crippen molar-refractivity contribution in [2.24, 2.45) is 11.8 Å². The lowest BCUT2D eigenvalue weighted by atomic mass is 9.77. The molecular formula is C13H18. The third-order valence-electron chi connectivity index (χ3n) is 3.16. The van der Waals surface area contributed by atoms with Crippen molar-refractivity contribution in [3.63, 3.8) is 0 Å². The Morgan fingerprint density at radius 2 is 2.15 bits per heavy atom. The molecule has 0 aliphatic heterocycles. The van der Waals surface area contributed by atoms with Crippen molar-refractivity contribution in [3.05, 3.63) is 35.5 Å². The highest BCUT2D eigenvalue weighted by atomic mass is 14.3. The summed E-state index contributed by atoms with van der Waals surface area (Å²) in [6, 6.07) is 0. The van der Waals surface area contributed by atoms with Crippen molar-refractivity contribution < 1.29 is 0 Å². The van der Waals surface area contributed by atoms with E-state index in [0.717, 1.165) is 11.8 Å². The zero-order valence-electron chi connectivity index (χ0n) is 8.59. The van der Waals surface area contributed by atoms with Gasteiger partial charge in [-0.05, 0) is 30.8 Å². The van der Waals surface area contributed by atoms with Gasteiger partial charge in [0.05, 0.1) is 0 Å². The van der Waals surface area contributed by atoms with Gasteiger partial charge in [0.15, 0.2) is 0 Å². The molecule has 0 fully saturated rings. The fraction of sp³-hybridized carbons (Fsp3) is 0.538. The van der Waals surface area contributed by atoms with Crippen LogP contribution in [0, 0.1) is 11.8 Å². The van der Waals surface area contributed by atoms with Gasteiger partial charge >= 0.3 is 0 Å². The standard InChI is InChI=1S/C13H18/c1-10(2)12-9-5-7-11-6-3-4-8-13(11)12/h3-4,6,8,10-11H,5,7,9H2,1-2H3. The van der Waals surface area contributed by atoms with Crippen LogP contribution in [0.3, 0.4) is 0 Å². The van der Waals surface area contributed by atoms with Gasteiger partial charge in [-0.25, -0.2) is 0 Å². The van der Waals surface area contributed by atoms with Crippen molar-refractivity contribution in [1.82, 2.24) is 0 Å².